The van der Waals surface area contributed by atoms with Crippen molar-refractivity contribution in [2.24, 2.45) is 0 Å². The summed E-state index contributed by atoms with van der Waals surface area (Å²) in [7, 11) is 0. The third kappa shape index (κ3) is 3.63. The number of hydrogen-bond acceptors (Lipinski definition) is 1. The van der Waals surface area contributed by atoms with E-state index in [-0.39, 0.29) is 0 Å². The van der Waals surface area contributed by atoms with Gasteiger partial charge in [0, 0.05) is 11.4 Å². The Morgan fingerprint density at radius 2 is 1.71 bits per heavy atom. The van der Waals surface area contributed by atoms with Crippen molar-refractivity contribution >= 4 is 5.70 Å². The highest BCUT2D eigenvalue weighted by atomic mass is 14.9. The van der Waals surface area contributed by atoms with Crippen LogP contribution in [0.4, 0.5) is 0 Å². The van der Waals surface area contributed by atoms with Crippen LogP contribution in [-0.2, 0) is 0 Å². The topological polar surface area (TPSA) is 12.0 Å². The summed E-state index contributed by atoms with van der Waals surface area (Å²) in [4.78, 5) is 0. The van der Waals surface area contributed by atoms with Gasteiger partial charge in [-0.25, -0.2) is 0 Å². The first-order valence-electron chi connectivity index (χ1n) is 5.93. The molecule has 1 aromatic carbocycles. The Bertz CT molecular complexity index is 438. The van der Waals surface area contributed by atoms with E-state index in [0.717, 1.165) is 29.0 Å². The largest absolute Gasteiger partial charge is 0.355 e. The average molecular weight is 227 g/mol. The predicted molar refractivity (Wildman–Crippen MR) is 76.4 cm³/mol. The van der Waals surface area contributed by atoms with Crippen LogP contribution in [0.15, 0.2) is 60.3 Å². The Balaban J connectivity index is 2.91. The molecule has 0 aromatic heterocycles. The van der Waals surface area contributed by atoms with Crippen LogP contribution >= 0.6 is 0 Å². The lowest BCUT2D eigenvalue weighted by atomic mass is 10.1. The van der Waals surface area contributed by atoms with Gasteiger partial charge in [-0.05, 0) is 37.0 Å². The molecule has 0 unspecified atom stereocenters. The summed E-state index contributed by atoms with van der Waals surface area (Å²) in [5.74, 6) is 0. The maximum Gasteiger partial charge on any atom is 0.0396 e. The fraction of sp³-hybridized carbons (Fsp3) is 0.250. The van der Waals surface area contributed by atoms with E-state index in [9.17, 15) is 0 Å². The third-order valence-electron chi connectivity index (χ3n) is 2.78. The minimum Gasteiger partial charge on any atom is -0.355 e. The molecule has 1 N–H and O–H groups in total. The first-order valence-corrected chi connectivity index (χ1v) is 5.93. The summed E-state index contributed by atoms with van der Waals surface area (Å²) in [6.07, 6.45) is 1.01. The molecule has 1 nitrogen and oxygen atoms in total. The third-order valence-corrected chi connectivity index (χ3v) is 2.78. The molecular weight excluding hydrogens is 206 g/mol. The van der Waals surface area contributed by atoms with E-state index in [1.807, 2.05) is 37.3 Å². The van der Waals surface area contributed by atoms with Crippen molar-refractivity contribution < 1.29 is 0 Å². The van der Waals surface area contributed by atoms with E-state index in [1.165, 1.54) is 5.57 Å². The molecule has 17 heavy (non-hydrogen) atoms. The molecule has 0 aliphatic heterocycles. The smallest absolute Gasteiger partial charge is 0.0396 e. The molecule has 0 heterocycles. The molecule has 0 aliphatic rings. The second-order valence-electron chi connectivity index (χ2n) is 4.26. The summed E-state index contributed by atoms with van der Waals surface area (Å²) in [6, 6.07) is 10.1. The van der Waals surface area contributed by atoms with Gasteiger partial charge in [0.15, 0.2) is 0 Å². The normalized spacial score (nSPS) is 11.7. The summed E-state index contributed by atoms with van der Waals surface area (Å²) < 4.78 is 0. The Hall–Kier alpha value is -1.76. The van der Waals surface area contributed by atoms with Gasteiger partial charge in [-0.2, -0.15) is 0 Å². The molecule has 0 atom stereocenters. The quantitative estimate of drug-likeness (QED) is 0.730. The zero-order chi connectivity index (χ0) is 12.8. The highest BCUT2D eigenvalue weighted by Crippen LogP contribution is 2.17. The van der Waals surface area contributed by atoms with Crippen LogP contribution in [0.1, 0.15) is 32.8 Å². The van der Waals surface area contributed by atoms with Crippen LogP contribution in [0, 0.1) is 0 Å². The van der Waals surface area contributed by atoms with Crippen molar-refractivity contribution in [3.05, 3.63) is 65.9 Å². The van der Waals surface area contributed by atoms with Crippen LogP contribution in [0.5, 0.6) is 0 Å². The summed E-state index contributed by atoms with van der Waals surface area (Å²) in [6.45, 7) is 14.4. The van der Waals surface area contributed by atoms with Crippen molar-refractivity contribution in [1.82, 2.24) is 5.32 Å². The van der Waals surface area contributed by atoms with E-state index >= 15 is 0 Å². The van der Waals surface area contributed by atoms with Gasteiger partial charge in [0.25, 0.3) is 0 Å². The maximum atomic E-state index is 4.08. The highest BCUT2D eigenvalue weighted by Gasteiger charge is 2.05. The van der Waals surface area contributed by atoms with Crippen molar-refractivity contribution in [2.45, 2.75) is 27.2 Å². The molecule has 0 saturated heterocycles. The Kier molecular flexibility index (Phi) is 4.77. The summed E-state index contributed by atoms with van der Waals surface area (Å²) in [5.41, 5.74) is 5.46. The molecule has 1 aromatic rings. The predicted octanol–water partition coefficient (Wildman–Crippen LogP) is 4.51. The number of allylic oxidation sites excluding steroid dienone is 2. The van der Waals surface area contributed by atoms with Gasteiger partial charge < -0.3 is 5.32 Å². The summed E-state index contributed by atoms with van der Waals surface area (Å²) in [5, 5.41) is 3.37. The first-order chi connectivity index (χ1) is 8.06. The van der Waals surface area contributed by atoms with E-state index in [2.05, 4.69) is 32.3 Å². The lowest BCUT2D eigenvalue weighted by Gasteiger charge is -2.16. The molecule has 0 bridgehead atoms. The standard InChI is InChI=1S/C16H21N/c1-6-13(4)16(12(2)3)17-14(5)15-10-8-7-9-11-15/h7-11,17H,2,5-6H2,1,3-4H3/b16-13+. The van der Waals surface area contributed by atoms with Gasteiger partial charge in [0.1, 0.15) is 0 Å². The number of hydrogen-bond donors (Lipinski definition) is 1. The summed E-state index contributed by atoms with van der Waals surface area (Å²) >= 11 is 0. The molecule has 0 spiro atoms. The first kappa shape index (κ1) is 13.3. The molecular formula is C16H21N. The molecule has 1 rings (SSSR count). The van der Waals surface area contributed by atoms with Gasteiger partial charge >= 0.3 is 0 Å². The molecule has 0 aliphatic carbocycles. The van der Waals surface area contributed by atoms with Crippen LogP contribution in [0.25, 0.3) is 5.70 Å². The second-order valence-corrected chi connectivity index (χ2v) is 4.26. The van der Waals surface area contributed by atoms with Crippen LogP contribution in [-0.4, -0.2) is 0 Å². The fourth-order valence-corrected chi connectivity index (χ4v) is 1.62. The lowest BCUT2D eigenvalue weighted by Crippen LogP contribution is -2.13. The van der Waals surface area contributed by atoms with Crippen LogP contribution in [0.3, 0.4) is 0 Å². The van der Waals surface area contributed by atoms with Gasteiger partial charge in [0.2, 0.25) is 0 Å². The van der Waals surface area contributed by atoms with E-state index in [1.54, 1.807) is 0 Å². The van der Waals surface area contributed by atoms with Crippen LogP contribution < -0.4 is 5.32 Å². The van der Waals surface area contributed by atoms with Crippen molar-refractivity contribution in [2.75, 3.05) is 0 Å². The number of benzene rings is 1. The molecule has 0 fully saturated rings. The molecule has 1 heteroatoms. The Labute approximate surface area is 105 Å². The lowest BCUT2D eigenvalue weighted by molar-refractivity contribution is 0.982. The van der Waals surface area contributed by atoms with E-state index in [0.29, 0.717) is 0 Å². The monoisotopic (exact) mass is 227 g/mol. The average Bonchev–Trinajstić information content (AvgIpc) is 2.35. The number of nitrogens with one attached hydrogen (secondary N) is 1. The van der Waals surface area contributed by atoms with Gasteiger partial charge in [-0.3, -0.25) is 0 Å². The van der Waals surface area contributed by atoms with Gasteiger partial charge in [-0.1, -0.05) is 50.4 Å². The maximum absolute atomic E-state index is 4.08. The fourth-order valence-electron chi connectivity index (χ4n) is 1.62. The molecule has 0 radical (unpaired) electrons. The molecule has 90 valence electrons. The number of rotatable bonds is 5. The van der Waals surface area contributed by atoms with E-state index < -0.39 is 0 Å². The zero-order valence-electron chi connectivity index (χ0n) is 11.0. The van der Waals surface area contributed by atoms with Gasteiger partial charge in [-0.15, -0.1) is 0 Å². The Morgan fingerprint density at radius 3 is 2.18 bits per heavy atom. The minimum absolute atomic E-state index is 0.913. The van der Waals surface area contributed by atoms with E-state index in [4.69, 9.17) is 0 Å². The van der Waals surface area contributed by atoms with Crippen molar-refractivity contribution in [3.63, 3.8) is 0 Å². The van der Waals surface area contributed by atoms with Crippen LogP contribution in [0.2, 0.25) is 0 Å². The molecule has 0 saturated carbocycles. The second kappa shape index (κ2) is 6.09. The van der Waals surface area contributed by atoms with Gasteiger partial charge in [0.05, 0.1) is 0 Å². The SMILES string of the molecule is C=C(C)/C(NC(=C)c1ccccc1)=C(/C)CC. The molecule has 0 amide bonds. The van der Waals surface area contributed by atoms with Crippen molar-refractivity contribution in [1.29, 1.82) is 0 Å². The Morgan fingerprint density at radius 1 is 1.12 bits per heavy atom. The minimum atomic E-state index is 0.913. The zero-order valence-corrected chi connectivity index (χ0v) is 11.0. The van der Waals surface area contributed by atoms with Crippen molar-refractivity contribution in [3.8, 4) is 0 Å². The highest BCUT2D eigenvalue weighted by molar-refractivity contribution is 5.64.